The first-order chi connectivity index (χ1) is 7.25. The van der Waals surface area contributed by atoms with Crippen LogP contribution < -0.4 is 10.5 Å². The first-order valence-electron chi connectivity index (χ1n) is 5.43. The molecule has 0 saturated heterocycles. The number of halogens is 1. The summed E-state index contributed by atoms with van der Waals surface area (Å²) in [7, 11) is 0. The van der Waals surface area contributed by atoms with Crippen molar-refractivity contribution in [1.82, 2.24) is 0 Å². The van der Waals surface area contributed by atoms with Crippen molar-refractivity contribution in [2.24, 2.45) is 5.73 Å². The predicted octanol–water partition coefficient (Wildman–Crippen LogP) is 2.47. The molecule has 15 heavy (non-hydrogen) atoms. The zero-order valence-corrected chi connectivity index (χ0v) is 8.66. The Kier molecular flexibility index (Phi) is 3.21. The van der Waals surface area contributed by atoms with Crippen LogP contribution in [0.15, 0.2) is 24.3 Å². The van der Waals surface area contributed by atoms with E-state index in [-0.39, 0.29) is 18.0 Å². The average Bonchev–Trinajstić information content (AvgIpc) is 2.22. The number of rotatable bonds is 2. The lowest BCUT2D eigenvalue weighted by Gasteiger charge is -2.29. The Bertz CT molecular complexity index is 329. The molecule has 82 valence electrons. The van der Waals surface area contributed by atoms with Crippen molar-refractivity contribution in [3.63, 3.8) is 0 Å². The van der Waals surface area contributed by atoms with Crippen molar-refractivity contribution >= 4 is 0 Å². The highest BCUT2D eigenvalue weighted by Gasteiger charge is 2.23. The number of hydrogen-bond donors (Lipinski definition) is 1. The molecule has 2 unspecified atom stereocenters. The lowest BCUT2D eigenvalue weighted by molar-refractivity contribution is 0.132. The summed E-state index contributed by atoms with van der Waals surface area (Å²) in [4.78, 5) is 0. The summed E-state index contributed by atoms with van der Waals surface area (Å²) in [6.45, 7) is 0. The van der Waals surface area contributed by atoms with E-state index in [4.69, 9.17) is 10.5 Å². The van der Waals surface area contributed by atoms with Crippen LogP contribution in [-0.4, -0.2) is 12.1 Å². The average molecular weight is 209 g/mol. The molecular weight excluding hydrogens is 193 g/mol. The highest BCUT2D eigenvalue weighted by atomic mass is 19.1. The zero-order valence-electron chi connectivity index (χ0n) is 8.66. The number of benzene rings is 1. The molecule has 0 heterocycles. The van der Waals surface area contributed by atoms with Crippen molar-refractivity contribution in [3.8, 4) is 5.75 Å². The molecule has 2 rings (SSSR count). The van der Waals surface area contributed by atoms with Crippen LogP contribution in [0, 0.1) is 5.82 Å². The maximum absolute atomic E-state index is 12.9. The predicted molar refractivity (Wildman–Crippen MR) is 57.3 cm³/mol. The van der Waals surface area contributed by atoms with Gasteiger partial charge in [-0.05, 0) is 31.4 Å². The topological polar surface area (TPSA) is 35.2 Å². The van der Waals surface area contributed by atoms with E-state index in [1.165, 1.54) is 18.6 Å². The number of hydrogen-bond acceptors (Lipinski definition) is 2. The van der Waals surface area contributed by atoms with Crippen LogP contribution in [0.1, 0.15) is 25.7 Å². The first-order valence-corrected chi connectivity index (χ1v) is 5.43. The molecular formula is C12H16FNO. The molecule has 0 amide bonds. The van der Waals surface area contributed by atoms with Gasteiger partial charge in [-0.15, -0.1) is 0 Å². The molecule has 1 saturated carbocycles. The third-order valence-electron chi connectivity index (χ3n) is 2.84. The second-order valence-corrected chi connectivity index (χ2v) is 4.06. The standard InChI is InChI=1S/C12H16FNO/c13-9-4-3-5-10(8-9)15-12-7-2-1-6-11(12)14/h3-5,8,11-12H,1-2,6-7,14H2. The molecule has 1 aromatic carbocycles. The van der Waals surface area contributed by atoms with E-state index in [0.29, 0.717) is 5.75 Å². The molecule has 3 heteroatoms. The molecule has 1 aliphatic rings. The molecule has 2 N–H and O–H groups in total. The van der Waals surface area contributed by atoms with E-state index >= 15 is 0 Å². The highest BCUT2D eigenvalue weighted by molar-refractivity contribution is 5.22. The quantitative estimate of drug-likeness (QED) is 0.812. The van der Waals surface area contributed by atoms with E-state index < -0.39 is 0 Å². The molecule has 2 nitrogen and oxygen atoms in total. The van der Waals surface area contributed by atoms with E-state index in [1.54, 1.807) is 12.1 Å². The fraction of sp³-hybridized carbons (Fsp3) is 0.500. The van der Waals surface area contributed by atoms with Gasteiger partial charge < -0.3 is 10.5 Å². The fourth-order valence-electron chi connectivity index (χ4n) is 1.99. The normalized spacial score (nSPS) is 26.3. The molecule has 0 radical (unpaired) electrons. The van der Waals surface area contributed by atoms with Crippen LogP contribution in [0.3, 0.4) is 0 Å². The van der Waals surface area contributed by atoms with E-state index in [1.807, 2.05) is 0 Å². The minimum Gasteiger partial charge on any atom is -0.489 e. The Morgan fingerprint density at radius 1 is 1.27 bits per heavy atom. The summed E-state index contributed by atoms with van der Waals surface area (Å²) in [5.41, 5.74) is 5.95. The van der Waals surface area contributed by atoms with Gasteiger partial charge in [-0.1, -0.05) is 12.5 Å². The van der Waals surface area contributed by atoms with Gasteiger partial charge in [-0.3, -0.25) is 0 Å². The van der Waals surface area contributed by atoms with Crippen molar-refractivity contribution in [2.75, 3.05) is 0 Å². The Labute approximate surface area is 89.2 Å². The van der Waals surface area contributed by atoms with Crippen molar-refractivity contribution in [1.29, 1.82) is 0 Å². The molecule has 1 aromatic rings. The van der Waals surface area contributed by atoms with Gasteiger partial charge in [0.25, 0.3) is 0 Å². The summed E-state index contributed by atoms with van der Waals surface area (Å²) in [5.74, 6) is 0.314. The smallest absolute Gasteiger partial charge is 0.126 e. The molecule has 0 aromatic heterocycles. The van der Waals surface area contributed by atoms with Crippen LogP contribution in [0.5, 0.6) is 5.75 Å². The van der Waals surface area contributed by atoms with Crippen LogP contribution in [0.2, 0.25) is 0 Å². The van der Waals surface area contributed by atoms with Crippen LogP contribution in [0.25, 0.3) is 0 Å². The maximum atomic E-state index is 12.9. The number of ether oxygens (including phenoxy) is 1. The van der Waals surface area contributed by atoms with Crippen LogP contribution >= 0.6 is 0 Å². The second kappa shape index (κ2) is 4.62. The van der Waals surface area contributed by atoms with Crippen LogP contribution in [-0.2, 0) is 0 Å². The highest BCUT2D eigenvalue weighted by Crippen LogP contribution is 2.23. The van der Waals surface area contributed by atoms with Gasteiger partial charge >= 0.3 is 0 Å². The van der Waals surface area contributed by atoms with E-state index in [9.17, 15) is 4.39 Å². The molecule has 1 aliphatic carbocycles. The summed E-state index contributed by atoms with van der Waals surface area (Å²) in [6, 6.07) is 6.32. The maximum Gasteiger partial charge on any atom is 0.126 e. The van der Waals surface area contributed by atoms with Gasteiger partial charge in [0.2, 0.25) is 0 Å². The van der Waals surface area contributed by atoms with E-state index in [0.717, 1.165) is 19.3 Å². The van der Waals surface area contributed by atoms with Gasteiger partial charge in [0.05, 0.1) is 0 Å². The largest absolute Gasteiger partial charge is 0.489 e. The van der Waals surface area contributed by atoms with Crippen molar-refractivity contribution in [2.45, 2.75) is 37.8 Å². The fourth-order valence-corrected chi connectivity index (χ4v) is 1.99. The zero-order chi connectivity index (χ0) is 10.7. The Hall–Kier alpha value is -1.09. The van der Waals surface area contributed by atoms with Gasteiger partial charge in [0, 0.05) is 12.1 Å². The first kappa shape index (κ1) is 10.4. The van der Waals surface area contributed by atoms with E-state index in [2.05, 4.69) is 0 Å². The summed E-state index contributed by atoms with van der Waals surface area (Å²) < 4.78 is 18.6. The summed E-state index contributed by atoms with van der Waals surface area (Å²) >= 11 is 0. The third-order valence-corrected chi connectivity index (χ3v) is 2.84. The molecule has 0 bridgehead atoms. The molecule has 2 atom stereocenters. The monoisotopic (exact) mass is 209 g/mol. The molecule has 0 spiro atoms. The lowest BCUT2D eigenvalue weighted by Crippen LogP contribution is -2.41. The number of nitrogens with two attached hydrogens (primary N) is 1. The Morgan fingerprint density at radius 3 is 2.80 bits per heavy atom. The minimum atomic E-state index is -0.267. The Morgan fingerprint density at radius 2 is 2.07 bits per heavy atom. The summed E-state index contributed by atoms with van der Waals surface area (Å²) in [5, 5.41) is 0. The van der Waals surface area contributed by atoms with Crippen molar-refractivity contribution < 1.29 is 9.13 Å². The third kappa shape index (κ3) is 2.69. The van der Waals surface area contributed by atoms with Gasteiger partial charge in [0.15, 0.2) is 0 Å². The molecule has 0 aliphatic heterocycles. The minimum absolute atomic E-state index is 0.0422. The second-order valence-electron chi connectivity index (χ2n) is 4.06. The summed E-state index contributed by atoms with van der Waals surface area (Å²) in [6.07, 6.45) is 4.33. The SMILES string of the molecule is NC1CCCCC1Oc1cccc(F)c1. The van der Waals surface area contributed by atoms with Gasteiger partial charge in [-0.25, -0.2) is 4.39 Å². The Balaban J connectivity index is 2.01. The molecule has 1 fully saturated rings. The van der Waals surface area contributed by atoms with Crippen LogP contribution in [0.4, 0.5) is 4.39 Å². The van der Waals surface area contributed by atoms with Crippen molar-refractivity contribution in [3.05, 3.63) is 30.1 Å². The van der Waals surface area contributed by atoms with Gasteiger partial charge in [0.1, 0.15) is 17.7 Å². The lowest BCUT2D eigenvalue weighted by atomic mass is 9.93. The van der Waals surface area contributed by atoms with Gasteiger partial charge in [-0.2, -0.15) is 0 Å².